The maximum Gasteiger partial charge on any atom is 0.222 e. The fraction of sp³-hybridized carbons (Fsp3) is 0.545. The SMILES string of the molecule is CNC[C@@H]1CCN(C(=O)CCc2c(C)nn(Cc3ccc(C)cc3)c2C)C1. The van der Waals surface area contributed by atoms with Crippen LogP contribution in [0.1, 0.15) is 40.9 Å². The van der Waals surface area contributed by atoms with E-state index in [4.69, 9.17) is 5.10 Å². The number of amides is 1. The lowest BCUT2D eigenvalue weighted by molar-refractivity contribution is -0.130. The Balaban J connectivity index is 1.60. The lowest BCUT2D eigenvalue weighted by Crippen LogP contribution is -2.30. The van der Waals surface area contributed by atoms with Crippen LogP contribution in [0.4, 0.5) is 0 Å². The summed E-state index contributed by atoms with van der Waals surface area (Å²) in [5.74, 6) is 0.873. The Bertz CT molecular complexity index is 778. The number of carbonyl (C=O) groups is 1. The number of benzene rings is 1. The summed E-state index contributed by atoms with van der Waals surface area (Å²) in [6.45, 7) is 9.83. The molecule has 146 valence electrons. The molecule has 27 heavy (non-hydrogen) atoms. The molecule has 1 aromatic heterocycles. The molecule has 1 N–H and O–H groups in total. The van der Waals surface area contributed by atoms with Gasteiger partial charge in [0.2, 0.25) is 5.91 Å². The van der Waals surface area contributed by atoms with Crippen molar-refractivity contribution in [1.29, 1.82) is 0 Å². The first-order chi connectivity index (χ1) is 13.0. The molecule has 0 saturated carbocycles. The number of hydrogen-bond donors (Lipinski definition) is 1. The monoisotopic (exact) mass is 368 g/mol. The Morgan fingerprint density at radius 1 is 1.22 bits per heavy atom. The van der Waals surface area contributed by atoms with Crippen LogP contribution in [0.15, 0.2) is 24.3 Å². The first-order valence-corrected chi connectivity index (χ1v) is 9.98. The van der Waals surface area contributed by atoms with Gasteiger partial charge < -0.3 is 10.2 Å². The third-order valence-electron chi connectivity index (χ3n) is 5.70. The lowest BCUT2D eigenvalue weighted by atomic mass is 10.1. The summed E-state index contributed by atoms with van der Waals surface area (Å²) in [5, 5.41) is 7.94. The van der Waals surface area contributed by atoms with Crippen molar-refractivity contribution in [2.45, 2.75) is 46.6 Å². The second-order valence-electron chi connectivity index (χ2n) is 7.84. The number of aromatic nitrogens is 2. The number of carbonyl (C=O) groups excluding carboxylic acids is 1. The second kappa shape index (κ2) is 8.70. The van der Waals surface area contributed by atoms with Crippen molar-refractivity contribution in [1.82, 2.24) is 20.0 Å². The van der Waals surface area contributed by atoms with Gasteiger partial charge in [-0.25, -0.2) is 0 Å². The van der Waals surface area contributed by atoms with E-state index in [9.17, 15) is 4.79 Å². The maximum atomic E-state index is 12.6. The van der Waals surface area contributed by atoms with Gasteiger partial charge in [-0.05, 0) is 64.3 Å². The van der Waals surface area contributed by atoms with Gasteiger partial charge >= 0.3 is 0 Å². The molecule has 1 atom stereocenters. The number of likely N-dealkylation sites (tertiary alicyclic amines) is 1. The van der Waals surface area contributed by atoms with Crippen LogP contribution in [0.3, 0.4) is 0 Å². The summed E-state index contributed by atoms with van der Waals surface area (Å²) in [7, 11) is 1.98. The van der Waals surface area contributed by atoms with Gasteiger partial charge in [-0.3, -0.25) is 9.48 Å². The van der Waals surface area contributed by atoms with Gasteiger partial charge in [0.1, 0.15) is 0 Å². The van der Waals surface area contributed by atoms with Crippen molar-refractivity contribution in [3.05, 3.63) is 52.3 Å². The Kier molecular flexibility index (Phi) is 6.32. The van der Waals surface area contributed by atoms with Gasteiger partial charge in [-0.15, -0.1) is 0 Å². The van der Waals surface area contributed by atoms with E-state index in [1.165, 1.54) is 22.4 Å². The van der Waals surface area contributed by atoms with Crippen molar-refractivity contribution in [2.75, 3.05) is 26.7 Å². The molecule has 1 aromatic carbocycles. The van der Waals surface area contributed by atoms with Gasteiger partial charge in [0.15, 0.2) is 0 Å². The second-order valence-corrected chi connectivity index (χ2v) is 7.84. The molecule has 0 aliphatic carbocycles. The highest BCUT2D eigenvalue weighted by Gasteiger charge is 2.25. The van der Waals surface area contributed by atoms with Crippen LogP contribution in [-0.4, -0.2) is 47.3 Å². The number of rotatable bonds is 7. The van der Waals surface area contributed by atoms with Gasteiger partial charge in [0, 0.05) is 25.2 Å². The lowest BCUT2D eigenvalue weighted by Gasteiger charge is -2.16. The molecule has 1 fully saturated rings. The van der Waals surface area contributed by atoms with Crippen LogP contribution in [0, 0.1) is 26.7 Å². The molecule has 2 aromatic rings. The van der Waals surface area contributed by atoms with E-state index in [0.29, 0.717) is 12.3 Å². The van der Waals surface area contributed by atoms with E-state index in [-0.39, 0.29) is 5.91 Å². The van der Waals surface area contributed by atoms with Crippen LogP contribution in [0.25, 0.3) is 0 Å². The zero-order chi connectivity index (χ0) is 19.4. The zero-order valence-corrected chi connectivity index (χ0v) is 17.1. The van der Waals surface area contributed by atoms with Crippen LogP contribution in [0.5, 0.6) is 0 Å². The Morgan fingerprint density at radius 3 is 2.67 bits per heavy atom. The fourth-order valence-corrected chi connectivity index (χ4v) is 4.02. The normalized spacial score (nSPS) is 16.9. The van der Waals surface area contributed by atoms with Gasteiger partial charge in [0.05, 0.1) is 12.2 Å². The molecular formula is C22H32N4O. The summed E-state index contributed by atoms with van der Waals surface area (Å²) >= 11 is 0. The molecule has 3 rings (SSSR count). The summed E-state index contributed by atoms with van der Waals surface area (Å²) in [6, 6.07) is 8.59. The number of aryl methyl sites for hydroxylation is 2. The van der Waals surface area contributed by atoms with Gasteiger partial charge in [0.25, 0.3) is 0 Å². The quantitative estimate of drug-likeness (QED) is 0.818. The van der Waals surface area contributed by atoms with Crippen LogP contribution < -0.4 is 5.32 Å². The van der Waals surface area contributed by atoms with Crippen molar-refractivity contribution in [3.63, 3.8) is 0 Å². The van der Waals surface area contributed by atoms with E-state index >= 15 is 0 Å². The molecular weight excluding hydrogens is 336 g/mol. The smallest absolute Gasteiger partial charge is 0.222 e. The third-order valence-corrected chi connectivity index (χ3v) is 5.70. The largest absolute Gasteiger partial charge is 0.342 e. The minimum Gasteiger partial charge on any atom is -0.342 e. The average molecular weight is 369 g/mol. The van der Waals surface area contributed by atoms with E-state index in [0.717, 1.165) is 44.7 Å². The van der Waals surface area contributed by atoms with E-state index in [1.54, 1.807) is 0 Å². The van der Waals surface area contributed by atoms with E-state index < -0.39 is 0 Å². The topological polar surface area (TPSA) is 50.2 Å². The predicted octanol–water partition coefficient (Wildman–Crippen LogP) is 2.86. The molecule has 0 radical (unpaired) electrons. The van der Waals surface area contributed by atoms with Crippen molar-refractivity contribution in [2.24, 2.45) is 5.92 Å². The maximum absolute atomic E-state index is 12.6. The summed E-state index contributed by atoms with van der Waals surface area (Å²) < 4.78 is 2.07. The van der Waals surface area contributed by atoms with E-state index in [2.05, 4.69) is 55.0 Å². The number of hydrogen-bond acceptors (Lipinski definition) is 3. The van der Waals surface area contributed by atoms with Gasteiger partial charge in [-0.2, -0.15) is 5.10 Å². The van der Waals surface area contributed by atoms with Crippen molar-refractivity contribution in [3.8, 4) is 0 Å². The molecule has 5 nitrogen and oxygen atoms in total. The average Bonchev–Trinajstić information content (AvgIpc) is 3.21. The Hall–Kier alpha value is -2.14. The van der Waals surface area contributed by atoms with Crippen molar-refractivity contribution < 1.29 is 4.79 Å². The standard InChI is InChI=1S/C22H32N4O/c1-16-5-7-19(8-6-16)15-26-18(3)21(17(2)24-26)9-10-22(27)25-12-11-20(14-25)13-23-4/h5-8,20,23H,9-15H2,1-4H3/t20-/m0/s1. The van der Waals surface area contributed by atoms with Crippen molar-refractivity contribution >= 4 is 5.91 Å². The minimum atomic E-state index is 0.277. The van der Waals surface area contributed by atoms with Crippen LogP contribution in [-0.2, 0) is 17.8 Å². The third kappa shape index (κ3) is 4.78. The Morgan fingerprint density at radius 2 is 1.96 bits per heavy atom. The molecule has 0 unspecified atom stereocenters. The molecule has 1 aliphatic rings. The molecule has 5 heteroatoms. The number of nitrogens with zero attached hydrogens (tertiary/aromatic N) is 3. The molecule has 0 spiro atoms. The predicted molar refractivity (Wildman–Crippen MR) is 109 cm³/mol. The number of nitrogens with one attached hydrogen (secondary N) is 1. The first kappa shape index (κ1) is 19.6. The van der Waals surface area contributed by atoms with E-state index in [1.807, 2.05) is 11.9 Å². The minimum absolute atomic E-state index is 0.277. The highest BCUT2D eigenvalue weighted by molar-refractivity contribution is 5.76. The summed E-state index contributed by atoms with van der Waals surface area (Å²) in [5.41, 5.74) is 5.96. The molecule has 1 amide bonds. The molecule has 1 aliphatic heterocycles. The van der Waals surface area contributed by atoms with Crippen LogP contribution in [0.2, 0.25) is 0 Å². The zero-order valence-electron chi connectivity index (χ0n) is 17.1. The Labute approximate surface area is 162 Å². The first-order valence-electron chi connectivity index (χ1n) is 9.98. The highest BCUT2D eigenvalue weighted by atomic mass is 16.2. The highest BCUT2D eigenvalue weighted by Crippen LogP contribution is 2.20. The molecule has 0 bridgehead atoms. The van der Waals surface area contributed by atoms with Crippen LogP contribution >= 0.6 is 0 Å². The fourth-order valence-electron chi connectivity index (χ4n) is 4.02. The summed E-state index contributed by atoms with van der Waals surface area (Å²) in [6.07, 6.45) is 2.46. The molecule has 2 heterocycles. The molecule has 1 saturated heterocycles. The van der Waals surface area contributed by atoms with Gasteiger partial charge in [-0.1, -0.05) is 29.8 Å². The summed E-state index contributed by atoms with van der Waals surface area (Å²) in [4.78, 5) is 14.6.